The van der Waals surface area contributed by atoms with E-state index in [-0.39, 0.29) is 0 Å². The van der Waals surface area contributed by atoms with E-state index in [4.69, 9.17) is 15.2 Å². The van der Waals surface area contributed by atoms with Crippen molar-refractivity contribution in [1.82, 2.24) is 14.8 Å². The van der Waals surface area contributed by atoms with Gasteiger partial charge in [0, 0.05) is 5.70 Å². The highest BCUT2D eigenvalue weighted by Gasteiger charge is 2.33. The summed E-state index contributed by atoms with van der Waals surface area (Å²) in [7, 11) is 1.60. The Morgan fingerprint density at radius 2 is 2.13 bits per heavy atom. The van der Waals surface area contributed by atoms with Gasteiger partial charge in [0.2, 0.25) is 17.0 Å². The molecule has 1 amide bonds. The molecule has 0 fully saturated rings. The van der Waals surface area contributed by atoms with Crippen molar-refractivity contribution < 1.29 is 14.3 Å². The highest BCUT2D eigenvalue weighted by Crippen LogP contribution is 2.39. The van der Waals surface area contributed by atoms with Crippen molar-refractivity contribution in [3.8, 4) is 11.5 Å². The minimum atomic E-state index is -0.507. The standard InChI is InChI=1S/C21H29N5O3S/c1-6-30-21-24-20-23-13(4)17(19(22)27)18(26(20)25-21)14-7-8-15(16(11-14)28-5)29-10-9-12(2)3/h7-8,11-12,18H,6,9-10H2,1-5H3,(H2,22,27)(H,23,24,25). The van der Waals surface area contributed by atoms with Gasteiger partial charge in [-0.05, 0) is 42.7 Å². The summed E-state index contributed by atoms with van der Waals surface area (Å²) in [6.45, 7) is 8.77. The number of primary amides is 1. The average Bonchev–Trinajstić information content (AvgIpc) is 3.08. The number of anilines is 1. The molecule has 3 rings (SSSR count). The van der Waals surface area contributed by atoms with Crippen LogP contribution in [-0.4, -0.2) is 40.1 Å². The number of methoxy groups -OCH3 is 1. The number of nitrogens with one attached hydrogen (secondary N) is 1. The number of benzene rings is 1. The van der Waals surface area contributed by atoms with E-state index < -0.39 is 11.9 Å². The molecule has 1 unspecified atom stereocenters. The summed E-state index contributed by atoms with van der Waals surface area (Å²) in [5, 5.41) is 8.39. The van der Waals surface area contributed by atoms with Crippen molar-refractivity contribution in [2.75, 3.05) is 24.8 Å². The first-order chi connectivity index (χ1) is 14.3. The number of amides is 1. The zero-order valence-corrected chi connectivity index (χ0v) is 18.9. The second-order valence-corrected chi connectivity index (χ2v) is 8.70. The molecule has 2 heterocycles. The lowest BCUT2D eigenvalue weighted by Crippen LogP contribution is -2.31. The monoisotopic (exact) mass is 431 g/mol. The third-order valence-corrected chi connectivity index (χ3v) is 5.55. The smallest absolute Gasteiger partial charge is 0.248 e. The van der Waals surface area contributed by atoms with E-state index in [0.717, 1.165) is 17.7 Å². The molecule has 0 radical (unpaired) electrons. The van der Waals surface area contributed by atoms with Crippen LogP contribution >= 0.6 is 11.8 Å². The van der Waals surface area contributed by atoms with Gasteiger partial charge in [0.05, 0.1) is 19.3 Å². The van der Waals surface area contributed by atoms with Gasteiger partial charge in [0.1, 0.15) is 6.04 Å². The van der Waals surface area contributed by atoms with Gasteiger partial charge in [-0.2, -0.15) is 4.98 Å². The number of fused-ring (bicyclic) bond motifs is 1. The number of allylic oxidation sites excluding steroid dienone is 1. The summed E-state index contributed by atoms with van der Waals surface area (Å²) in [6, 6.07) is 5.14. The number of ether oxygens (including phenoxy) is 2. The fourth-order valence-corrected chi connectivity index (χ4v) is 3.88. The van der Waals surface area contributed by atoms with E-state index in [1.165, 1.54) is 11.8 Å². The molecule has 1 aliphatic rings. The number of carbonyl (C=O) groups is 1. The zero-order chi connectivity index (χ0) is 21.8. The van der Waals surface area contributed by atoms with E-state index in [1.54, 1.807) is 11.8 Å². The van der Waals surface area contributed by atoms with Gasteiger partial charge in [-0.15, -0.1) is 5.10 Å². The summed E-state index contributed by atoms with van der Waals surface area (Å²) >= 11 is 1.54. The van der Waals surface area contributed by atoms with Crippen LogP contribution in [-0.2, 0) is 4.79 Å². The van der Waals surface area contributed by atoms with Crippen LogP contribution in [0.5, 0.6) is 11.5 Å². The summed E-state index contributed by atoms with van der Waals surface area (Å²) < 4.78 is 13.2. The van der Waals surface area contributed by atoms with Crippen LogP contribution in [0, 0.1) is 5.92 Å². The first-order valence-electron chi connectivity index (χ1n) is 10.0. The Hall–Kier alpha value is -2.68. The highest BCUT2D eigenvalue weighted by molar-refractivity contribution is 7.99. The Labute approximate surface area is 181 Å². The largest absolute Gasteiger partial charge is 0.493 e. The molecule has 2 aromatic rings. The van der Waals surface area contributed by atoms with Gasteiger partial charge in [-0.3, -0.25) is 4.79 Å². The number of hydrogen-bond donors (Lipinski definition) is 2. The normalized spacial score (nSPS) is 15.7. The van der Waals surface area contributed by atoms with E-state index >= 15 is 0 Å². The predicted molar refractivity (Wildman–Crippen MR) is 118 cm³/mol. The lowest BCUT2D eigenvalue weighted by atomic mass is 9.95. The molecule has 1 aromatic heterocycles. The molecule has 1 aromatic carbocycles. The lowest BCUT2D eigenvalue weighted by molar-refractivity contribution is -0.115. The summed E-state index contributed by atoms with van der Waals surface area (Å²) in [4.78, 5) is 16.9. The Kier molecular flexibility index (Phi) is 6.91. The molecular formula is C21H29N5O3S. The maximum absolute atomic E-state index is 12.3. The molecule has 0 bridgehead atoms. The first-order valence-corrected chi connectivity index (χ1v) is 11.0. The fourth-order valence-electron chi connectivity index (χ4n) is 3.33. The molecule has 162 valence electrons. The number of thioether (sulfide) groups is 1. The Morgan fingerprint density at radius 1 is 1.37 bits per heavy atom. The van der Waals surface area contributed by atoms with Crippen LogP contribution in [0.1, 0.15) is 45.7 Å². The molecule has 0 spiro atoms. The second-order valence-electron chi connectivity index (χ2n) is 7.47. The highest BCUT2D eigenvalue weighted by atomic mass is 32.2. The van der Waals surface area contributed by atoms with Crippen LogP contribution < -0.4 is 20.5 Å². The average molecular weight is 432 g/mol. The molecule has 3 N–H and O–H groups in total. The number of rotatable bonds is 9. The van der Waals surface area contributed by atoms with E-state index in [0.29, 0.717) is 46.4 Å². The van der Waals surface area contributed by atoms with Crippen molar-refractivity contribution >= 4 is 23.6 Å². The van der Waals surface area contributed by atoms with Gasteiger partial charge in [-0.25, -0.2) is 4.68 Å². The van der Waals surface area contributed by atoms with Gasteiger partial charge < -0.3 is 20.5 Å². The maximum atomic E-state index is 12.3. The fraction of sp³-hybridized carbons (Fsp3) is 0.476. The van der Waals surface area contributed by atoms with Gasteiger partial charge in [0.25, 0.3) is 0 Å². The molecule has 0 saturated carbocycles. The van der Waals surface area contributed by atoms with Crippen molar-refractivity contribution in [2.24, 2.45) is 11.7 Å². The molecule has 30 heavy (non-hydrogen) atoms. The van der Waals surface area contributed by atoms with Crippen molar-refractivity contribution in [3.05, 3.63) is 35.0 Å². The van der Waals surface area contributed by atoms with E-state index in [1.807, 2.05) is 32.0 Å². The van der Waals surface area contributed by atoms with Crippen molar-refractivity contribution in [2.45, 2.75) is 45.3 Å². The van der Waals surface area contributed by atoms with Crippen LogP contribution in [0.3, 0.4) is 0 Å². The molecule has 0 saturated heterocycles. The number of nitrogens with two attached hydrogens (primary N) is 1. The van der Waals surface area contributed by atoms with Crippen LogP contribution in [0.4, 0.5) is 5.95 Å². The minimum absolute atomic E-state index is 0.441. The predicted octanol–water partition coefficient (Wildman–Crippen LogP) is 3.60. The van der Waals surface area contributed by atoms with Crippen molar-refractivity contribution in [3.63, 3.8) is 0 Å². The topological polar surface area (TPSA) is 104 Å². The van der Waals surface area contributed by atoms with Crippen LogP contribution in [0.15, 0.2) is 34.6 Å². The van der Waals surface area contributed by atoms with E-state index in [2.05, 4.69) is 29.2 Å². The Morgan fingerprint density at radius 3 is 2.77 bits per heavy atom. The number of aromatic nitrogens is 3. The molecule has 8 nitrogen and oxygen atoms in total. The van der Waals surface area contributed by atoms with Crippen LogP contribution in [0.25, 0.3) is 0 Å². The van der Waals surface area contributed by atoms with Crippen LogP contribution in [0.2, 0.25) is 0 Å². The Bertz CT molecular complexity index is 954. The number of nitrogens with zero attached hydrogens (tertiary/aromatic N) is 3. The zero-order valence-electron chi connectivity index (χ0n) is 18.1. The quantitative estimate of drug-likeness (QED) is 0.585. The summed E-state index contributed by atoms with van der Waals surface area (Å²) in [5.74, 6) is 2.73. The van der Waals surface area contributed by atoms with Gasteiger partial charge in [-0.1, -0.05) is 38.6 Å². The summed E-state index contributed by atoms with van der Waals surface area (Å²) in [5.41, 5.74) is 7.66. The maximum Gasteiger partial charge on any atom is 0.248 e. The first kappa shape index (κ1) is 22.0. The molecule has 9 heteroatoms. The minimum Gasteiger partial charge on any atom is -0.493 e. The van der Waals surface area contributed by atoms with Gasteiger partial charge >= 0.3 is 0 Å². The second kappa shape index (κ2) is 9.42. The lowest BCUT2D eigenvalue weighted by Gasteiger charge is -2.28. The SMILES string of the molecule is CCSc1nc2n(n1)C(c1ccc(OCCC(C)C)c(OC)c1)C(C(N)=O)=C(C)N2. The third-order valence-electron chi connectivity index (χ3n) is 4.83. The molecular weight excluding hydrogens is 402 g/mol. The van der Waals surface area contributed by atoms with Crippen molar-refractivity contribution in [1.29, 1.82) is 0 Å². The molecule has 1 aliphatic heterocycles. The molecule has 1 atom stereocenters. The molecule has 0 aliphatic carbocycles. The Balaban J connectivity index is 2.02. The van der Waals surface area contributed by atoms with E-state index in [9.17, 15) is 4.79 Å². The summed E-state index contributed by atoms with van der Waals surface area (Å²) in [6.07, 6.45) is 0.952. The van der Waals surface area contributed by atoms with Gasteiger partial charge in [0.15, 0.2) is 11.5 Å². The third kappa shape index (κ3) is 4.56. The number of carbonyl (C=O) groups excluding carboxylic acids is 1. The number of hydrogen-bond acceptors (Lipinski definition) is 7.